The molecule has 0 saturated heterocycles. The number of nitrogens with one attached hydrogen (secondary N) is 1. The van der Waals surface area contributed by atoms with Crippen molar-refractivity contribution in [1.82, 2.24) is 5.32 Å². The SMILES string of the molecule is COCC(CO)NC(C)c1c(C)cc(C)cc1C. The zero-order chi connectivity index (χ0) is 13.7. The highest BCUT2D eigenvalue weighted by Crippen LogP contribution is 2.23. The van der Waals surface area contributed by atoms with E-state index in [4.69, 9.17) is 4.74 Å². The number of aryl methyl sites for hydroxylation is 3. The molecule has 18 heavy (non-hydrogen) atoms. The number of hydrogen-bond donors (Lipinski definition) is 2. The van der Waals surface area contributed by atoms with Gasteiger partial charge < -0.3 is 15.2 Å². The molecule has 0 aliphatic rings. The molecule has 0 bridgehead atoms. The number of rotatable bonds is 6. The van der Waals surface area contributed by atoms with Crippen molar-refractivity contribution in [2.75, 3.05) is 20.3 Å². The van der Waals surface area contributed by atoms with Gasteiger partial charge in [0.1, 0.15) is 0 Å². The minimum Gasteiger partial charge on any atom is -0.395 e. The maximum Gasteiger partial charge on any atom is 0.0638 e. The lowest BCUT2D eigenvalue weighted by Crippen LogP contribution is -2.38. The smallest absolute Gasteiger partial charge is 0.0638 e. The van der Waals surface area contributed by atoms with Gasteiger partial charge >= 0.3 is 0 Å². The molecule has 2 N–H and O–H groups in total. The molecule has 1 aromatic carbocycles. The predicted octanol–water partition coefficient (Wildman–Crippen LogP) is 2.27. The van der Waals surface area contributed by atoms with Crippen LogP contribution in [0.5, 0.6) is 0 Å². The van der Waals surface area contributed by atoms with E-state index in [9.17, 15) is 5.11 Å². The summed E-state index contributed by atoms with van der Waals surface area (Å²) < 4.78 is 5.09. The van der Waals surface area contributed by atoms with Gasteiger partial charge in [0.15, 0.2) is 0 Å². The summed E-state index contributed by atoms with van der Waals surface area (Å²) in [7, 11) is 1.65. The second kappa shape index (κ2) is 6.88. The monoisotopic (exact) mass is 251 g/mol. The van der Waals surface area contributed by atoms with Gasteiger partial charge in [-0.3, -0.25) is 0 Å². The van der Waals surface area contributed by atoms with E-state index in [0.29, 0.717) is 6.61 Å². The average molecular weight is 251 g/mol. The molecule has 0 spiro atoms. The number of hydrogen-bond acceptors (Lipinski definition) is 3. The van der Waals surface area contributed by atoms with Crippen LogP contribution < -0.4 is 5.32 Å². The quantitative estimate of drug-likeness (QED) is 0.815. The van der Waals surface area contributed by atoms with E-state index < -0.39 is 0 Å². The highest BCUT2D eigenvalue weighted by Gasteiger charge is 2.16. The first kappa shape index (κ1) is 15.2. The van der Waals surface area contributed by atoms with E-state index in [1.807, 2.05) is 0 Å². The molecule has 3 nitrogen and oxygen atoms in total. The zero-order valence-electron chi connectivity index (χ0n) is 12.1. The molecule has 0 aliphatic heterocycles. The molecule has 0 fully saturated rings. The van der Waals surface area contributed by atoms with Crippen molar-refractivity contribution in [3.05, 3.63) is 34.4 Å². The van der Waals surface area contributed by atoms with Crippen LogP contribution >= 0.6 is 0 Å². The van der Waals surface area contributed by atoms with Crippen LogP contribution in [0.2, 0.25) is 0 Å². The van der Waals surface area contributed by atoms with Crippen LogP contribution in [0.1, 0.15) is 35.2 Å². The third-order valence-corrected chi connectivity index (χ3v) is 3.24. The Kier molecular flexibility index (Phi) is 5.79. The van der Waals surface area contributed by atoms with E-state index in [0.717, 1.165) is 0 Å². The molecule has 0 heterocycles. The van der Waals surface area contributed by atoms with Crippen molar-refractivity contribution in [3.8, 4) is 0 Å². The summed E-state index contributed by atoms with van der Waals surface area (Å²) in [5, 5.41) is 12.7. The number of benzene rings is 1. The van der Waals surface area contributed by atoms with Crippen LogP contribution in [0.3, 0.4) is 0 Å². The van der Waals surface area contributed by atoms with Crippen molar-refractivity contribution in [2.45, 2.75) is 39.8 Å². The maximum atomic E-state index is 9.29. The summed E-state index contributed by atoms with van der Waals surface area (Å²) in [6.07, 6.45) is 0. The van der Waals surface area contributed by atoms with Gasteiger partial charge in [-0.2, -0.15) is 0 Å². The van der Waals surface area contributed by atoms with Crippen LogP contribution in [-0.4, -0.2) is 31.5 Å². The zero-order valence-corrected chi connectivity index (χ0v) is 12.1. The minimum absolute atomic E-state index is 0.0231. The first-order valence-corrected chi connectivity index (χ1v) is 6.43. The van der Waals surface area contributed by atoms with Crippen molar-refractivity contribution < 1.29 is 9.84 Å². The van der Waals surface area contributed by atoms with Crippen LogP contribution in [0.15, 0.2) is 12.1 Å². The molecular formula is C15H25NO2. The van der Waals surface area contributed by atoms with E-state index in [-0.39, 0.29) is 18.7 Å². The van der Waals surface area contributed by atoms with Gasteiger partial charge in [-0.1, -0.05) is 17.7 Å². The molecule has 0 aromatic heterocycles. The van der Waals surface area contributed by atoms with Crippen LogP contribution in [0.25, 0.3) is 0 Å². The number of aliphatic hydroxyl groups excluding tert-OH is 1. The Morgan fingerprint density at radius 1 is 1.22 bits per heavy atom. The van der Waals surface area contributed by atoms with Gasteiger partial charge in [-0.15, -0.1) is 0 Å². The standard InChI is InChI=1S/C15H25NO2/c1-10-6-11(2)15(12(3)7-10)13(4)16-14(8-17)9-18-5/h6-7,13-14,16-17H,8-9H2,1-5H3. The van der Waals surface area contributed by atoms with Crippen molar-refractivity contribution >= 4 is 0 Å². The highest BCUT2D eigenvalue weighted by atomic mass is 16.5. The van der Waals surface area contributed by atoms with E-state index in [1.54, 1.807) is 7.11 Å². The predicted molar refractivity (Wildman–Crippen MR) is 75.0 cm³/mol. The van der Waals surface area contributed by atoms with Gasteiger partial charge in [-0.25, -0.2) is 0 Å². The minimum atomic E-state index is -0.0231. The summed E-state index contributed by atoms with van der Waals surface area (Å²) in [6, 6.07) is 4.58. The van der Waals surface area contributed by atoms with E-state index in [2.05, 4.69) is 45.1 Å². The van der Waals surface area contributed by atoms with Crippen molar-refractivity contribution in [1.29, 1.82) is 0 Å². The lowest BCUT2D eigenvalue weighted by Gasteiger charge is -2.24. The fourth-order valence-electron chi connectivity index (χ4n) is 2.67. The molecule has 0 amide bonds. The molecule has 0 aliphatic carbocycles. The highest BCUT2D eigenvalue weighted by molar-refractivity contribution is 5.39. The molecule has 3 heteroatoms. The summed E-state index contributed by atoms with van der Waals surface area (Å²) in [5.41, 5.74) is 5.19. The summed E-state index contributed by atoms with van der Waals surface area (Å²) in [6.45, 7) is 9.12. The van der Waals surface area contributed by atoms with Gasteiger partial charge in [0.2, 0.25) is 0 Å². The Labute approximate surface area is 110 Å². The second-order valence-corrected chi connectivity index (χ2v) is 5.04. The number of methoxy groups -OCH3 is 1. The lowest BCUT2D eigenvalue weighted by atomic mass is 9.94. The Morgan fingerprint density at radius 2 is 1.78 bits per heavy atom. The van der Waals surface area contributed by atoms with E-state index >= 15 is 0 Å². The normalized spacial score (nSPS) is 14.6. The van der Waals surface area contributed by atoms with Gasteiger partial charge in [0.05, 0.1) is 19.3 Å². The van der Waals surface area contributed by atoms with Crippen LogP contribution in [0.4, 0.5) is 0 Å². The van der Waals surface area contributed by atoms with Gasteiger partial charge in [-0.05, 0) is 44.4 Å². The molecule has 2 atom stereocenters. The van der Waals surface area contributed by atoms with E-state index in [1.165, 1.54) is 22.3 Å². The Balaban J connectivity index is 2.86. The lowest BCUT2D eigenvalue weighted by molar-refractivity contribution is 0.123. The number of aliphatic hydroxyl groups is 1. The molecule has 0 saturated carbocycles. The maximum absolute atomic E-state index is 9.29. The summed E-state index contributed by atoms with van der Waals surface area (Å²) >= 11 is 0. The first-order chi connectivity index (χ1) is 8.49. The molecule has 1 aromatic rings. The number of ether oxygens (including phenoxy) is 1. The third-order valence-electron chi connectivity index (χ3n) is 3.24. The Hall–Kier alpha value is -0.900. The molecule has 1 rings (SSSR count). The molecule has 2 unspecified atom stereocenters. The summed E-state index contributed by atoms with van der Waals surface area (Å²) in [5.74, 6) is 0. The van der Waals surface area contributed by atoms with Crippen LogP contribution in [0, 0.1) is 20.8 Å². The van der Waals surface area contributed by atoms with Crippen molar-refractivity contribution in [3.63, 3.8) is 0 Å². The van der Waals surface area contributed by atoms with Crippen molar-refractivity contribution in [2.24, 2.45) is 0 Å². The summed E-state index contributed by atoms with van der Waals surface area (Å²) in [4.78, 5) is 0. The topological polar surface area (TPSA) is 41.5 Å². The van der Waals surface area contributed by atoms with Gasteiger partial charge in [0.25, 0.3) is 0 Å². The van der Waals surface area contributed by atoms with Crippen LogP contribution in [-0.2, 0) is 4.74 Å². The largest absolute Gasteiger partial charge is 0.395 e. The van der Waals surface area contributed by atoms with Gasteiger partial charge in [0, 0.05) is 13.2 Å². The third kappa shape index (κ3) is 3.80. The molecule has 0 radical (unpaired) electrons. The second-order valence-electron chi connectivity index (χ2n) is 5.04. The molecular weight excluding hydrogens is 226 g/mol. The average Bonchev–Trinajstić information content (AvgIpc) is 2.26. The first-order valence-electron chi connectivity index (χ1n) is 6.43. The Morgan fingerprint density at radius 3 is 2.22 bits per heavy atom. The Bertz CT molecular complexity index is 367. The fraction of sp³-hybridized carbons (Fsp3) is 0.600. The fourth-order valence-corrected chi connectivity index (χ4v) is 2.67. The molecule has 102 valence electrons.